The Bertz CT molecular complexity index is 598. The number of ether oxygens (including phenoxy) is 1. The maximum absolute atomic E-state index is 11.4. The van der Waals surface area contributed by atoms with Gasteiger partial charge in [0.15, 0.2) is 9.84 Å². The molecular weight excluding hydrogens is 260 g/mol. The molecule has 4 heteroatoms. The van der Waals surface area contributed by atoms with Gasteiger partial charge in [-0.05, 0) is 41.2 Å². The first kappa shape index (κ1) is 14.1. The van der Waals surface area contributed by atoms with Crippen LogP contribution in [0.3, 0.4) is 0 Å². The summed E-state index contributed by atoms with van der Waals surface area (Å²) in [4.78, 5) is 0. The minimum absolute atomic E-state index is 0.158. The second kappa shape index (κ2) is 5.37. The lowest BCUT2D eigenvalue weighted by molar-refractivity contribution is 0.407. The lowest BCUT2D eigenvalue weighted by Gasteiger charge is -2.17. The zero-order chi connectivity index (χ0) is 14.0. The molecule has 0 aliphatic carbocycles. The van der Waals surface area contributed by atoms with E-state index in [2.05, 4.69) is 19.9 Å². The normalized spacial score (nSPS) is 18.2. The molecule has 0 saturated heterocycles. The summed E-state index contributed by atoms with van der Waals surface area (Å²) in [5, 5.41) is 0. The Kier molecular flexibility index (Phi) is 3.99. The summed E-state index contributed by atoms with van der Waals surface area (Å²) < 4.78 is 28.2. The van der Waals surface area contributed by atoms with Gasteiger partial charge in [0.25, 0.3) is 0 Å². The second-order valence-electron chi connectivity index (χ2n) is 5.21. The van der Waals surface area contributed by atoms with Crippen LogP contribution >= 0.6 is 0 Å². The van der Waals surface area contributed by atoms with Gasteiger partial charge in [0.1, 0.15) is 5.75 Å². The average molecular weight is 280 g/mol. The van der Waals surface area contributed by atoms with Crippen molar-refractivity contribution in [2.75, 3.05) is 18.6 Å². The van der Waals surface area contributed by atoms with Crippen LogP contribution in [0.2, 0.25) is 0 Å². The third-order valence-electron chi connectivity index (χ3n) is 3.49. The molecular formula is C15H20O3S. The molecule has 0 atom stereocenters. The monoisotopic (exact) mass is 280 g/mol. The lowest BCUT2D eigenvalue weighted by Crippen LogP contribution is -2.15. The number of sulfone groups is 1. The molecule has 0 radical (unpaired) electrons. The number of methoxy groups -OCH3 is 1. The van der Waals surface area contributed by atoms with Crippen LogP contribution in [-0.4, -0.2) is 27.0 Å². The van der Waals surface area contributed by atoms with Crippen LogP contribution < -0.4 is 4.74 Å². The van der Waals surface area contributed by atoms with Crippen molar-refractivity contribution in [1.29, 1.82) is 0 Å². The lowest BCUT2D eigenvalue weighted by atomic mass is 9.95. The van der Waals surface area contributed by atoms with E-state index in [1.165, 1.54) is 0 Å². The van der Waals surface area contributed by atoms with Gasteiger partial charge < -0.3 is 4.74 Å². The Labute approximate surface area is 115 Å². The van der Waals surface area contributed by atoms with E-state index in [-0.39, 0.29) is 11.5 Å². The molecule has 19 heavy (non-hydrogen) atoms. The minimum atomic E-state index is -2.86. The molecule has 0 saturated carbocycles. The third-order valence-corrected chi connectivity index (χ3v) is 4.99. The highest BCUT2D eigenvalue weighted by atomic mass is 32.2. The summed E-state index contributed by atoms with van der Waals surface area (Å²) in [5.41, 5.74) is 3.40. The van der Waals surface area contributed by atoms with Crippen molar-refractivity contribution in [1.82, 2.24) is 0 Å². The first-order chi connectivity index (χ1) is 8.93. The van der Waals surface area contributed by atoms with Gasteiger partial charge in [-0.15, -0.1) is 0 Å². The van der Waals surface area contributed by atoms with Crippen LogP contribution in [0.25, 0.3) is 5.57 Å². The molecule has 1 aromatic rings. The molecule has 1 aliphatic heterocycles. The van der Waals surface area contributed by atoms with Gasteiger partial charge in [-0.3, -0.25) is 0 Å². The second-order valence-corrected chi connectivity index (χ2v) is 7.43. The van der Waals surface area contributed by atoms with Crippen LogP contribution in [0, 0.1) is 0 Å². The van der Waals surface area contributed by atoms with E-state index in [4.69, 9.17) is 4.74 Å². The highest BCUT2D eigenvalue weighted by molar-refractivity contribution is 7.91. The van der Waals surface area contributed by atoms with Crippen molar-refractivity contribution < 1.29 is 13.2 Å². The maximum Gasteiger partial charge on any atom is 0.154 e. The standard InChI is InChI=1S/C15H20O3S/c1-11(2)14-10-13(4-5-15(14)18-3)12-6-8-19(16,17)9-7-12/h4-6,10-11H,7-9H2,1-3H3. The van der Waals surface area contributed by atoms with Crippen LogP contribution in [0.15, 0.2) is 24.3 Å². The molecule has 3 nitrogen and oxygen atoms in total. The van der Waals surface area contributed by atoms with Crippen LogP contribution in [0.4, 0.5) is 0 Å². The topological polar surface area (TPSA) is 43.4 Å². The molecule has 0 unspecified atom stereocenters. The van der Waals surface area contributed by atoms with E-state index in [0.29, 0.717) is 12.3 Å². The van der Waals surface area contributed by atoms with Gasteiger partial charge >= 0.3 is 0 Å². The largest absolute Gasteiger partial charge is 0.496 e. The Morgan fingerprint density at radius 2 is 2.00 bits per heavy atom. The van der Waals surface area contributed by atoms with Gasteiger partial charge in [0.05, 0.1) is 18.6 Å². The number of hydrogen-bond acceptors (Lipinski definition) is 3. The smallest absolute Gasteiger partial charge is 0.154 e. The van der Waals surface area contributed by atoms with Crippen molar-refractivity contribution in [3.05, 3.63) is 35.4 Å². The molecule has 0 fully saturated rings. The number of allylic oxidation sites excluding steroid dienone is 1. The predicted octanol–water partition coefficient (Wildman–Crippen LogP) is 3.02. The molecule has 1 aromatic carbocycles. The van der Waals surface area contributed by atoms with E-state index in [1.807, 2.05) is 18.2 Å². The van der Waals surface area contributed by atoms with E-state index in [9.17, 15) is 8.42 Å². The zero-order valence-electron chi connectivity index (χ0n) is 11.6. The van der Waals surface area contributed by atoms with Crippen LogP contribution in [-0.2, 0) is 9.84 Å². The van der Waals surface area contributed by atoms with Crippen LogP contribution in [0.1, 0.15) is 37.3 Å². The SMILES string of the molecule is COc1ccc(C2=CCS(=O)(=O)CC2)cc1C(C)C. The summed E-state index contributed by atoms with van der Waals surface area (Å²) in [6.45, 7) is 4.25. The summed E-state index contributed by atoms with van der Waals surface area (Å²) in [6.07, 6.45) is 2.44. The number of benzene rings is 1. The molecule has 2 rings (SSSR count). The van der Waals surface area contributed by atoms with Gasteiger partial charge in [-0.2, -0.15) is 0 Å². The van der Waals surface area contributed by atoms with E-state index in [1.54, 1.807) is 7.11 Å². The minimum Gasteiger partial charge on any atom is -0.496 e. The fourth-order valence-corrected chi connectivity index (χ4v) is 3.48. The molecule has 104 valence electrons. The molecule has 1 heterocycles. The maximum atomic E-state index is 11.4. The summed E-state index contributed by atoms with van der Waals surface area (Å²) in [5.74, 6) is 1.68. The summed E-state index contributed by atoms with van der Waals surface area (Å²) in [6, 6.07) is 6.09. The van der Waals surface area contributed by atoms with Gasteiger partial charge in [0, 0.05) is 0 Å². The third kappa shape index (κ3) is 3.18. The van der Waals surface area contributed by atoms with Crippen molar-refractivity contribution >= 4 is 15.4 Å². The zero-order valence-corrected chi connectivity index (χ0v) is 12.5. The van der Waals surface area contributed by atoms with Gasteiger partial charge in [-0.25, -0.2) is 8.42 Å². The highest BCUT2D eigenvalue weighted by Crippen LogP contribution is 2.31. The molecule has 0 amide bonds. The molecule has 0 N–H and O–H groups in total. The number of hydrogen-bond donors (Lipinski definition) is 0. The average Bonchev–Trinajstić information content (AvgIpc) is 2.38. The highest BCUT2D eigenvalue weighted by Gasteiger charge is 2.18. The van der Waals surface area contributed by atoms with E-state index >= 15 is 0 Å². The van der Waals surface area contributed by atoms with Crippen LogP contribution in [0.5, 0.6) is 5.75 Å². The van der Waals surface area contributed by atoms with Gasteiger partial charge in [0.2, 0.25) is 0 Å². The first-order valence-electron chi connectivity index (χ1n) is 6.50. The number of rotatable bonds is 3. The van der Waals surface area contributed by atoms with Crippen molar-refractivity contribution in [3.63, 3.8) is 0 Å². The van der Waals surface area contributed by atoms with E-state index in [0.717, 1.165) is 22.4 Å². The predicted molar refractivity (Wildman–Crippen MR) is 78.3 cm³/mol. The first-order valence-corrected chi connectivity index (χ1v) is 8.33. The molecule has 1 aliphatic rings. The Balaban J connectivity index is 2.37. The van der Waals surface area contributed by atoms with Crippen molar-refractivity contribution in [2.45, 2.75) is 26.2 Å². The fraction of sp³-hybridized carbons (Fsp3) is 0.467. The molecule has 0 aromatic heterocycles. The Morgan fingerprint density at radius 1 is 1.26 bits per heavy atom. The van der Waals surface area contributed by atoms with Crippen molar-refractivity contribution in [3.8, 4) is 5.75 Å². The van der Waals surface area contributed by atoms with E-state index < -0.39 is 9.84 Å². The quantitative estimate of drug-likeness (QED) is 0.855. The Morgan fingerprint density at radius 3 is 2.53 bits per heavy atom. The molecule has 0 spiro atoms. The summed E-state index contributed by atoms with van der Waals surface area (Å²) in [7, 11) is -1.19. The fourth-order valence-electron chi connectivity index (χ4n) is 2.33. The van der Waals surface area contributed by atoms with Gasteiger partial charge in [-0.1, -0.05) is 26.0 Å². The summed E-state index contributed by atoms with van der Waals surface area (Å²) >= 11 is 0. The van der Waals surface area contributed by atoms with Crippen molar-refractivity contribution in [2.24, 2.45) is 0 Å². The molecule has 0 bridgehead atoms. The Hall–Kier alpha value is -1.29.